The first-order valence-corrected chi connectivity index (χ1v) is 5.36. The molecular formula is C12H13ClN2O. The topological polar surface area (TPSA) is 38.0 Å². The average molecular weight is 237 g/mol. The fraction of sp³-hybridized carbons (Fsp3) is 0.250. The van der Waals surface area contributed by atoms with Crippen LogP contribution < -0.4 is 0 Å². The molecule has 0 saturated heterocycles. The molecule has 1 atom stereocenters. The summed E-state index contributed by atoms with van der Waals surface area (Å²) in [5.41, 5.74) is -0.526. The Bertz CT molecular complexity index is 505. The van der Waals surface area contributed by atoms with Crippen molar-refractivity contribution in [3.8, 4) is 0 Å². The maximum atomic E-state index is 10.5. The first-order valence-electron chi connectivity index (χ1n) is 4.98. The van der Waals surface area contributed by atoms with E-state index in [0.29, 0.717) is 16.4 Å². The molecule has 1 unspecified atom stereocenters. The molecule has 1 N–H and O–H groups in total. The molecule has 2 aromatic rings. The Morgan fingerprint density at radius 1 is 1.38 bits per heavy atom. The highest BCUT2D eigenvalue weighted by atomic mass is 35.5. The molecule has 2 rings (SSSR count). The minimum Gasteiger partial charge on any atom is -0.377 e. The fourth-order valence-electron chi connectivity index (χ4n) is 1.81. The van der Waals surface area contributed by atoms with Crippen molar-refractivity contribution in [1.82, 2.24) is 9.55 Å². The van der Waals surface area contributed by atoms with Gasteiger partial charge in [-0.3, -0.25) is 0 Å². The summed E-state index contributed by atoms with van der Waals surface area (Å²) in [7, 11) is 1.84. The van der Waals surface area contributed by atoms with E-state index in [0.717, 1.165) is 0 Å². The molecule has 1 heterocycles. The molecular weight excluding hydrogens is 224 g/mol. The Kier molecular flexibility index (Phi) is 2.74. The molecule has 0 aliphatic rings. The van der Waals surface area contributed by atoms with Crippen LogP contribution in [0.15, 0.2) is 36.7 Å². The van der Waals surface area contributed by atoms with Crippen molar-refractivity contribution in [2.24, 2.45) is 7.05 Å². The number of hydrogen-bond donors (Lipinski definition) is 1. The third kappa shape index (κ3) is 1.72. The summed E-state index contributed by atoms with van der Waals surface area (Å²) in [4.78, 5) is 4.16. The van der Waals surface area contributed by atoms with Gasteiger partial charge in [-0.15, -0.1) is 0 Å². The highest BCUT2D eigenvalue weighted by Crippen LogP contribution is 2.32. The minimum atomic E-state index is -1.18. The Balaban J connectivity index is 2.55. The number of aromatic nitrogens is 2. The second kappa shape index (κ2) is 3.92. The summed E-state index contributed by atoms with van der Waals surface area (Å²) >= 11 is 6.08. The van der Waals surface area contributed by atoms with E-state index in [1.54, 1.807) is 36.0 Å². The minimum absolute atomic E-state index is 0.538. The van der Waals surface area contributed by atoms with Crippen LogP contribution in [0.1, 0.15) is 18.3 Å². The molecule has 16 heavy (non-hydrogen) atoms. The van der Waals surface area contributed by atoms with Crippen molar-refractivity contribution < 1.29 is 5.11 Å². The predicted octanol–water partition coefficient (Wildman–Crippen LogP) is 2.33. The molecule has 0 radical (unpaired) electrons. The molecule has 0 bridgehead atoms. The molecule has 1 aromatic heterocycles. The highest BCUT2D eigenvalue weighted by molar-refractivity contribution is 6.31. The quantitative estimate of drug-likeness (QED) is 0.869. The lowest BCUT2D eigenvalue weighted by molar-refractivity contribution is 0.0893. The van der Waals surface area contributed by atoms with Crippen molar-refractivity contribution in [1.29, 1.82) is 0 Å². The summed E-state index contributed by atoms with van der Waals surface area (Å²) in [6.45, 7) is 1.69. The van der Waals surface area contributed by atoms with E-state index in [9.17, 15) is 5.11 Å². The maximum absolute atomic E-state index is 10.5. The molecule has 0 fully saturated rings. The van der Waals surface area contributed by atoms with Crippen LogP contribution >= 0.6 is 11.6 Å². The van der Waals surface area contributed by atoms with Gasteiger partial charge in [-0.2, -0.15) is 0 Å². The third-order valence-corrected chi connectivity index (χ3v) is 2.98. The van der Waals surface area contributed by atoms with Gasteiger partial charge in [0.1, 0.15) is 11.4 Å². The van der Waals surface area contributed by atoms with Crippen molar-refractivity contribution in [2.75, 3.05) is 0 Å². The number of rotatable bonds is 2. The summed E-state index contributed by atoms with van der Waals surface area (Å²) in [5.74, 6) is 0.570. The van der Waals surface area contributed by atoms with E-state index in [-0.39, 0.29) is 0 Å². The van der Waals surface area contributed by atoms with E-state index in [1.165, 1.54) is 0 Å². The molecule has 1 aromatic carbocycles. The van der Waals surface area contributed by atoms with Crippen molar-refractivity contribution in [2.45, 2.75) is 12.5 Å². The van der Waals surface area contributed by atoms with Crippen LogP contribution in [0.3, 0.4) is 0 Å². The van der Waals surface area contributed by atoms with Crippen LogP contribution in [0.25, 0.3) is 0 Å². The lowest BCUT2D eigenvalue weighted by atomic mass is 9.95. The number of hydrogen-bond acceptors (Lipinski definition) is 2. The monoisotopic (exact) mass is 236 g/mol. The zero-order valence-electron chi connectivity index (χ0n) is 9.18. The second-order valence-electron chi connectivity index (χ2n) is 3.91. The highest BCUT2D eigenvalue weighted by Gasteiger charge is 2.31. The SMILES string of the molecule is Cn1ccnc1C(C)(O)c1ccccc1Cl. The van der Waals surface area contributed by atoms with Crippen LogP contribution in [0.5, 0.6) is 0 Å². The van der Waals surface area contributed by atoms with Gasteiger partial charge in [0, 0.05) is 30.0 Å². The zero-order chi connectivity index (χ0) is 11.8. The lowest BCUT2D eigenvalue weighted by Gasteiger charge is -2.24. The van der Waals surface area contributed by atoms with Gasteiger partial charge in [0.25, 0.3) is 0 Å². The number of imidazole rings is 1. The van der Waals surface area contributed by atoms with Crippen molar-refractivity contribution in [3.05, 3.63) is 53.1 Å². The molecule has 4 heteroatoms. The van der Waals surface area contributed by atoms with E-state index in [4.69, 9.17) is 11.6 Å². The van der Waals surface area contributed by atoms with Gasteiger partial charge < -0.3 is 9.67 Å². The fourth-order valence-corrected chi connectivity index (χ4v) is 2.13. The summed E-state index contributed by atoms with van der Waals surface area (Å²) in [5, 5.41) is 11.1. The maximum Gasteiger partial charge on any atom is 0.146 e. The van der Waals surface area contributed by atoms with Crippen LogP contribution in [0.2, 0.25) is 5.02 Å². The van der Waals surface area contributed by atoms with Crippen molar-refractivity contribution in [3.63, 3.8) is 0 Å². The largest absolute Gasteiger partial charge is 0.377 e. The van der Waals surface area contributed by atoms with E-state index in [2.05, 4.69) is 4.98 Å². The summed E-state index contributed by atoms with van der Waals surface area (Å²) < 4.78 is 1.78. The first-order chi connectivity index (χ1) is 7.53. The summed E-state index contributed by atoms with van der Waals surface area (Å²) in [6, 6.07) is 7.24. The van der Waals surface area contributed by atoms with E-state index >= 15 is 0 Å². The Morgan fingerprint density at radius 2 is 2.06 bits per heavy atom. The van der Waals surface area contributed by atoms with Crippen LogP contribution in [0.4, 0.5) is 0 Å². The van der Waals surface area contributed by atoms with Crippen LogP contribution in [-0.2, 0) is 12.6 Å². The number of aliphatic hydroxyl groups is 1. The Morgan fingerprint density at radius 3 is 2.62 bits per heavy atom. The molecule has 0 spiro atoms. The predicted molar refractivity (Wildman–Crippen MR) is 63.3 cm³/mol. The van der Waals surface area contributed by atoms with Crippen LogP contribution in [0, 0.1) is 0 Å². The Labute approximate surface area is 99.3 Å². The zero-order valence-corrected chi connectivity index (χ0v) is 9.94. The number of nitrogens with zero attached hydrogens (tertiary/aromatic N) is 2. The first kappa shape index (κ1) is 11.2. The second-order valence-corrected chi connectivity index (χ2v) is 4.32. The van der Waals surface area contributed by atoms with Crippen molar-refractivity contribution >= 4 is 11.6 Å². The molecule has 3 nitrogen and oxygen atoms in total. The molecule has 0 saturated carbocycles. The van der Waals surface area contributed by atoms with Crippen LogP contribution in [-0.4, -0.2) is 14.7 Å². The summed E-state index contributed by atoms with van der Waals surface area (Å²) in [6.07, 6.45) is 3.45. The third-order valence-electron chi connectivity index (χ3n) is 2.65. The van der Waals surface area contributed by atoms with Gasteiger partial charge in [-0.25, -0.2) is 4.98 Å². The van der Waals surface area contributed by atoms with Gasteiger partial charge >= 0.3 is 0 Å². The van der Waals surface area contributed by atoms with Gasteiger partial charge in [0.05, 0.1) is 0 Å². The molecule has 0 amide bonds. The smallest absolute Gasteiger partial charge is 0.146 e. The van der Waals surface area contributed by atoms with Gasteiger partial charge in [-0.1, -0.05) is 29.8 Å². The van der Waals surface area contributed by atoms with E-state index in [1.807, 2.05) is 19.2 Å². The standard InChI is InChI=1S/C12H13ClN2O/c1-12(16,11-14-7-8-15(11)2)9-5-3-4-6-10(9)13/h3-8,16H,1-2H3. The van der Waals surface area contributed by atoms with Gasteiger partial charge in [-0.05, 0) is 13.0 Å². The molecule has 0 aliphatic carbocycles. The number of aryl methyl sites for hydroxylation is 1. The normalized spacial score (nSPS) is 14.8. The Hall–Kier alpha value is -1.32. The molecule has 84 valence electrons. The van der Waals surface area contributed by atoms with Gasteiger partial charge in [0.15, 0.2) is 0 Å². The number of halogens is 1. The van der Waals surface area contributed by atoms with E-state index < -0.39 is 5.60 Å². The van der Waals surface area contributed by atoms with Gasteiger partial charge in [0.2, 0.25) is 0 Å². The lowest BCUT2D eigenvalue weighted by Crippen LogP contribution is -2.27. The molecule has 0 aliphatic heterocycles. The average Bonchev–Trinajstić information content (AvgIpc) is 2.65. The number of benzene rings is 1.